The van der Waals surface area contributed by atoms with Gasteiger partial charge in [-0.2, -0.15) is 0 Å². The van der Waals surface area contributed by atoms with Gasteiger partial charge in [-0.05, 0) is 30.7 Å². The normalized spacial score (nSPS) is 10.9. The van der Waals surface area contributed by atoms with Crippen molar-refractivity contribution in [2.24, 2.45) is 0 Å². The maximum atomic E-state index is 13.2. The van der Waals surface area contributed by atoms with Gasteiger partial charge in [-0.15, -0.1) is 0 Å². The second-order valence-corrected chi connectivity index (χ2v) is 7.54. The molecule has 0 aliphatic carbocycles. The number of nitrogens with one attached hydrogen (secondary N) is 1. The van der Waals surface area contributed by atoms with Crippen molar-refractivity contribution >= 4 is 22.1 Å². The van der Waals surface area contributed by atoms with Crippen molar-refractivity contribution < 1.29 is 4.42 Å². The molecule has 0 fully saturated rings. The van der Waals surface area contributed by atoms with Crippen LogP contribution in [0.3, 0.4) is 0 Å². The monoisotopic (exact) mass is 403 g/mol. The number of hydrogen-bond acceptors (Lipinski definition) is 3. The van der Waals surface area contributed by atoms with Crippen LogP contribution in [-0.2, 0) is 0 Å². The van der Waals surface area contributed by atoms with E-state index < -0.39 is 0 Å². The van der Waals surface area contributed by atoms with Crippen LogP contribution in [0.5, 0.6) is 0 Å². The summed E-state index contributed by atoms with van der Waals surface area (Å²) in [4.78, 5) is 13.2. The Hall–Kier alpha value is -4.11. The summed E-state index contributed by atoms with van der Waals surface area (Å²) < 4.78 is 5.96. The molecule has 0 unspecified atom stereocenters. The van der Waals surface area contributed by atoms with E-state index in [1.807, 2.05) is 110 Å². The van der Waals surface area contributed by atoms with Gasteiger partial charge in [0.25, 0.3) is 0 Å². The Morgan fingerprint density at radius 3 is 2.00 bits per heavy atom. The molecule has 5 aromatic rings. The number of anilines is 2. The first kappa shape index (κ1) is 18.9. The number of aryl methyl sites for hydroxylation is 1. The molecule has 1 aromatic heterocycles. The molecule has 1 heterocycles. The molecule has 4 aromatic carbocycles. The highest BCUT2D eigenvalue weighted by atomic mass is 16.4. The molecule has 0 radical (unpaired) electrons. The predicted molar refractivity (Wildman–Crippen MR) is 128 cm³/mol. The highest BCUT2D eigenvalue weighted by Gasteiger charge is 2.19. The van der Waals surface area contributed by atoms with Crippen LogP contribution in [-0.4, -0.2) is 0 Å². The van der Waals surface area contributed by atoms with E-state index >= 15 is 0 Å². The third-order valence-electron chi connectivity index (χ3n) is 5.39. The molecule has 0 saturated carbocycles. The van der Waals surface area contributed by atoms with Crippen molar-refractivity contribution in [1.82, 2.24) is 0 Å². The summed E-state index contributed by atoms with van der Waals surface area (Å²) in [6.45, 7) is 2.05. The van der Waals surface area contributed by atoms with E-state index in [4.69, 9.17) is 4.42 Å². The summed E-state index contributed by atoms with van der Waals surface area (Å²) in [6, 6.07) is 33.8. The van der Waals surface area contributed by atoms with Crippen molar-refractivity contribution in [1.29, 1.82) is 0 Å². The summed E-state index contributed by atoms with van der Waals surface area (Å²) >= 11 is 0. The summed E-state index contributed by atoms with van der Waals surface area (Å²) in [5, 5.41) is 4.80. The zero-order chi connectivity index (χ0) is 21.2. The van der Waals surface area contributed by atoms with Crippen molar-refractivity contribution in [3.05, 3.63) is 119 Å². The lowest BCUT2D eigenvalue weighted by Crippen LogP contribution is -2.06. The van der Waals surface area contributed by atoms with E-state index in [0.29, 0.717) is 11.1 Å². The predicted octanol–water partition coefficient (Wildman–Crippen LogP) is 7.18. The molecule has 0 spiro atoms. The molecule has 5 rings (SSSR count). The minimum atomic E-state index is -0.358. The average molecular weight is 403 g/mol. The first-order valence-corrected chi connectivity index (χ1v) is 10.2. The molecule has 31 heavy (non-hydrogen) atoms. The fraction of sp³-hybridized carbons (Fsp3) is 0.0357. The van der Waals surface area contributed by atoms with Gasteiger partial charge in [0.05, 0.1) is 11.1 Å². The third-order valence-corrected chi connectivity index (χ3v) is 5.39. The molecule has 3 nitrogen and oxygen atoms in total. The van der Waals surface area contributed by atoms with Gasteiger partial charge in [0.1, 0.15) is 5.76 Å². The van der Waals surface area contributed by atoms with E-state index in [1.54, 1.807) is 0 Å². The second-order valence-electron chi connectivity index (χ2n) is 7.54. The smallest absolute Gasteiger partial charge is 0.346 e. The summed E-state index contributed by atoms with van der Waals surface area (Å²) in [5.41, 5.74) is 5.26. The van der Waals surface area contributed by atoms with Crippen LogP contribution >= 0.6 is 0 Å². The molecule has 0 bridgehead atoms. The van der Waals surface area contributed by atoms with Crippen molar-refractivity contribution in [2.75, 3.05) is 5.32 Å². The van der Waals surface area contributed by atoms with Gasteiger partial charge < -0.3 is 9.73 Å². The van der Waals surface area contributed by atoms with Crippen LogP contribution in [0.15, 0.2) is 112 Å². The van der Waals surface area contributed by atoms with Crippen molar-refractivity contribution in [3.63, 3.8) is 0 Å². The molecule has 0 aliphatic rings. The van der Waals surface area contributed by atoms with Gasteiger partial charge in [-0.3, -0.25) is 0 Å². The van der Waals surface area contributed by atoms with Gasteiger partial charge in [-0.25, -0.2) is 4.79 Å². The molecule has 0 saturated heterocycles. The SMILES string of the molecule is Cc1ccc(Nc2cccc3c(-c4ccccc4)c(-c4ccccc4)oc(=O)c23)cc1. The first-order chi connectivity index (χ1) is 15.2. The van der Waals surface area contributed by atoms with Crippen molar-refractivity contribution in [3.8, 4) is 22.5 Å². The van der Waals surface area contributed by atoms with Crippen LogP contribution in [0.4, 0.5) is 11.4 Å². The lowest BCUT2D eigenvalue weighted by Gasteiger charge is -2.15. The Balaban J connectivity index is 1.79. The quantitative estimate of drug-likeness (QED) is 0.346. The maximum Gasteiger partial charge on any atom is 0.346 e. The Kier molecular flexibility index (Phi) is 4.85. The van der Waals surface area contributed by atoms with Crippen LogP contribution in [0.1, 0.15) is 5.56 Å². The molecule has 150 valence electrons. The zero-order valence-corrected chi connectivity index (χ0v) is 17.1. The van der Waals surface area contributed by atoms with E-state index in [0.717, 1.165) is 33.5 Å². The first-order valence-electron chi connectivity index (χ1n) is 10.2. The minimum Gasteiger partial charge on any atom is -0.422 e. The van der Waals surface area contributed by atoms with Crippen LogP contribution in [0, 0.1) is 6.92 Å². The Morgan fingerprint density at radius 2 is 1.32 bits per heavy atom. The molecular weight excluding hydrogens is 382 g/mol. The highest BCUT2D eigenvalue weighted by molar-refractivity contribution is 6.06. The van der Waals surface area contributed by atoms with Crippen LogP contribution in [0.2, 0.25) is 0 Å². The van der Waals surface area contributed by atoms with Gasteiger partial charge in [-0.1, -0.05) is 90.5 Å². The second kappa shape index (κ2) is 7.96. The fourth-order valence-corrected chi connectivity index (χ4v) is 3.88. The molecule has 0 amide bonds. The lowest BCUT2D eigenvalue weighted by molar-refractivity contribution is 0.536. The molecular formula is C28H21NO2. The standard InChI is InChI=1S/C28H21NO2/c1-19-15-17-22(18-16-19)29-24-14-8-13-23-25(20-9-4-2-5-10-20)27(31-28(30)26(23)24)21-11-6-3-7-12-21/h2-18,29H,1H3. The topological polar surface area (TPSA) is 42.2 Å². The Labute approximate surface area is 180 Å². The molecule has 0 atom stereocenters. The molecule has 3 heteroatoms. The maximum absolute atomic E-state index is 13.2. The third kappa shape index (κ3) is 3.62. The van der Waals surface area contributed by atoms with Gasteiger partial charge in [0, 0.05) is 22.2 Å². The van der Waals surface area contributed by atoms with E-state index in [2.05, 4.69) is 5.32 Å². The summed E-state index contributed by atoms with van der Waals surface area (Å²) in [5.74, 6) is 0.580. The molecule has 1 N–H and O–H groups in total. The fourth-order valence-electron chi connectivity index (χ4n) is 3.88. The number of fused-ring (bicyclic) bond motifs is 1. The minimum absolute atomic E-state index is 0.358. The van der Waals surface area contributed by atoms with E-state index in [-0.39, 0.29) is 5.63 Å². The Bertz CT molecular complexity index is 1400. The summed E-state index contributed by atoms with van der Waals surface area (Å²) in [7, 11) is 0. The zero-order valence-electron chi connectivity index (χ0n) is 17.1. The molecule has 0 aliphatic heterocycles. The number of benzene rings is 4. The van der Waals surface area contributed by atoms with Crippen LogP contribution < -0.4 is 10.9 Å². The lowest BCUT2D eigenvalue weighted by atomic mass is 9.95. The van der Waals surface area contributed by atoms with Crippen molar-refractivity contribution in [2.45, 2.75) is 6.92 Å². The van der Waals surface area contributed by atoms with Gasteiger partial charge in [0.2, 0.25) is 0 Å². The summed E-state index contributed by atoms with van der Waals surface area (Å²) in [6.07, 6.45) is 0. The van der Waals surface area contributed by atoms with Gasteiger partial charge in [0.15, 0.2) is 0 Å². The van der Waals surface area contributed by atoms with Crippen LogP contribution in [0.25, 0.3) is 33.2 Å². The largest absolute Gasteiger partial charge is 0.422 e. The number of hydrogen-bond donors (Lipinski definition) is 1. The van der Waals surface area contributed by atoms with E-state index in [1.165, 1.54) is 5.56 Å². The number of rotatable bonds is 4. The average Bonchev–Trinajstić information content (AvgIpc) is 2.81. The van der Waals surface area contributed by atoms with Gasteiger partial charge >= 0.3 is 5.63 Å². The van der Waals surface area contributed by atoms with E-state index in [9.17, 15) is 4.79 Å². The highest BCUT2D eigenvalue weighted by Crippen LogP contribution is 2.38. The Morgan fingerprint density at radius 1 is 0.677 bits per heavy atom.